The summed E-state index contributed by atoms with van der Waals surface area (Å²) in [5.74, 6) is -2.65. The number of benzene rings is 2. The molecule has 0 aliphatic carbocycles. The molecule has 216 valence electrons. The zero-order chi connectivity index (χ0) is 29.6. The fourth-order valence-electron chi connectivity index (χ4n) is 3.92. The molecule has 0 saturated heterocycles. The highest BCUT2D eigenvalue weighted by molar-refractivity contribution is 6.74. The molecule has 2 aromatic carbocycles. The van der Waals surface area contributed by atoms with E-state index in [9.17, 15) is 23.5 Å². The van der Waals surface area contributed by atoms with Crippen LogP contribution in [0.4, 0.5) is 13.6 Å². The topological polar surface area (TPSA) is 84.9 Å². The summed E-state index contributed by atoms with van der Waals surface area (Å²) in [6.07, 6.45) is -0.792. The van der Waals surface area contributed by atoms with E-state index >= 15 is 0 Å². The quantitative estimate of drug-likeness (QED) is 0.284. The van der Waals surface area contributed by atoms with Crippen LogP contribution in [0.5, 0.6) is 0 Å². The van der Waals surface area contributed by atoms with Crippen LogP contribution in [-0.2, 0) is 26.8 Å². The second-order valence-electron chi connectivity index (χ2n) is 12.6. The number of carbonyl (C=O) groups excluding carboxylic acids is 1. The molecule has 2 aromatic rings. The maximum absolute atomic E-state index is 13.6. The largest absolute Gasteiger partial charge is 0.481 e. The van der Waals surface area contributed by atoms with Crippen LogP contribution in [0, 0.1) is 17.6 Å². The average molecular weight is 564 g/mol. The van der Waals surface area contributed by atoms with E-state index < -0.39 is 49.9 Å². The molecule has 0 aliphatic rings. The Balaban J connectivity index is 2.49. The summed E-state index contributed by atoms with van der Waals surface area (Å²) in [7, 11) is -2.45. The van der Waals surface area contributed by atoms with Crippen molar-refractivity contribution in [2.75, 3.05) is 0 Å². The third-order valence-corrected chi connectivity index (χ3v) is 11.5. The lowest BCUT2D eigenvalue weighted by atomic mass is 9.89. The normalized spacial score (nSPS) is 14.8. The first-order chi connectivity index (χ1) is 17.9. The Morgan fingerprint density at radius 1 is 0.872 bits per heavy atom. The molecule has 0 fully saturated rings. The molecule has 2 rings (SSSR count). The van der Waals surface area contributed by atoms with Crippen LogP contribution in [0.3, 0.4) is 0 Å². The summed E-state index contributed by atoms with van der Waals surface area (Å²) in [4.78, 5) is 25.4. The number of hydrogen-bond acceptors (Lipinski definition) is 4. The van der Waals surface area contributed by atoms with Crippen LogP contribution in [-0.4, -0.2) is 43.2 Å². The SMILES string of the molecule is CC(C)(C)OC(=O)N[C@@H](Cc1ccc(F)cc1)[C@H](C[C@@H](Cc1ccc(F)cc1)C(=O)O)O[Si](C)(C)C(C)(C)C. The smallest absolute Gasteiger partial charge is 0.407 e. The number of amides is 1. The Kier molecular flexibility index (Phi) is 10.8. The third-order valence-electron chi connectivity index (χ3n) is 7.03. The minimum atomic E-state index is -2.45. The number of hydrogen-bond donors (Lipinski definition) is 2. The Morgan fingerprint density at radius 3 is 1.74 bits per heavy atom. The predicted octanol–water partition coefficient (Wildman–Crippen LogP) is 7.12. The molecule has 0 bridgehead atoms. The monoisotopic (exact) mass is 563 g/mol. The number of nitrogens with one attached hydrogen (secondary N) is 1. The van der Waals surface area contributed by atoms with Crippen LogP contribution in [0.1, 0.15) is 59.1 Å². The second kappa shape index (κ2) is 13.0. The highest BCUT2D eigenvalue weighted by atomic mass is 28.4. The van der Waals surface area contributed by atoms with E-state index in [-0.39, 0.29) is 30.1 Å². The van der Waals surface area contributed by atoms with Gasteiger partial charge >= 0.3 is 12.1 Å². The fraction of sp³-hybridized carbons (Fsp3) is 0.533. The van der Waals surface area contributed by atoms with Gasteiger partial charge in [0.25, 0.3) is 0 Å². The molecule has 0 radical (unpaired) electrons. The van der Waals surface area contributed by atoms with Gasteiger partial charge in [0.05, 0.1) is 18.1 Å². The van der Waals surface area contributed by atoms with E-state index in [1.165, 1.54) is 24.3 Å². The molecular weight excluding hydrogens is 520 g/mol. The molecule has 0 saturated carbocycles. The fourth-order valence-corrected chi connectivity index (χ4v) is 5.29. The Hall–Kier alpha value is -2.78. The van der Waals surface area contributed by atoms with Crippen LogP contribution in [0.15, 0.2) is 48.5 Å². The number of halogens is 2. The van der Waals surface area contributed by atoms with E-state index in [0.717, 1.165) is 5.56 Å². The number of carboxylic acid groups (broad SMARTS) is 1. The molecule has 3 atom stereocenters. The van der Waals surface area contributed by atoms with Gasteiger partial charge in [0.15, 0.2) is 8.32 Å². The lowest BCUT2D eigenvalue weighted by molar-refractivity contribution is -0.142. The summed E-state index contributed by atoms with van der Waals surface area (Å²) in [5, 5.41) is 12.9. The molecule has 9 heteroatoms. The molecule has 1 amide bonds. The summed E-state index contributed by atoms with van der Waals surface area (Å²) in [5.41, 5.74) is 0.698. The van der Waals surface area contributed by atoms with Gasteiger partial charge in [-0.2, -0.15) is 0 Å². The summed E-state index contributed by atoms with van der Waals surface area (Å²) >= 11 is 0. The van der Waals surface area contributed by atoms with Crippen molar-refractivity contribution in [3.8, 4) is 0 Å². The minimum Gasteiger partial charge on any atom is -0.481 e. The van der Waals surface area contributed by atoms with Crippen molar-refractivity contribution in [3.63, 3.8) is 0 Å². The highest BCUT2D eigenvalue weighted by Crippen LogP contribution is 2.39. The molecular formula is C30H43F2NO5Si. The van der Waals surface area contributed by atoms with E-state index in [1.807, 2.05) is 0 Å². The number of carbonyl (C=O) groups is 2. The Labute approximate surface area is 232 Å². The van der Waals surface area contributed by atoms with E-state index in [1.54, 1.807) is 45.0 Å². The zero-order valence-corrected chi connectivity index (χ0v) is 25.3. The van der Waals surface area contributed by atoms with Gasteiger partial charge in [-0.1, -0.05) is 45.0 Å². The number of alkyl carbamates (subject to hydrolysis) is 1. The van der Waals surface area contributed by atoms with Crippen molar-refractivity contribution < 1.29 is 32.6 Å². The summed E-state index contributed by atoms with van der Waals surface area (Å²) in [6.45, 7) is 15.7. The maximum Gasteiger partial charge on any atom is 0.407 e. The molecule has 0 spiro atoms. The number of carboxylic acids is 1. The molecule has 0 unspecified atom stereocenters. The van der Waals surface area contributed by atoms with Crippen molar-refractivity contribution in [1.29, 1.82) is 0 Å². The van der Waals surface area contributed by atoms with Gasteiger partial charge in [-0.25, -0.2) is 13.6 Å². The van der Waals surface area contributed by atoms with Crippen molar-refractivity contribution in [1.82, 2.24) is 5.32 Å². The van der Waals surface area contributed by atoms with Crippen molar-refractivity contribution in [2.24, 2.45) is 5.92 Å². The van der Waals surface area contributed by atoms with Crippen LogP contribution in [0.25, 0.3) is 0 Å². The molecule has 6 nitrogen and oxygen atoms in total. The van der Waals surface area contributed by atoms with Gasteiger partial charge in [-0.3, -0.25) is 4.79 Å². The molecule has 2 N–H and O–H groups in total. The number of rotatable bonds is 11. The first kappa shape index (κ1) is 32.4. The van der Waals surface area contributed by atoms with E-state index in [2.05, 4.69) is 39.2 Å². The second-order valence-corrected chi connectivity index (χ2v) is 17.4. The minimum absolute atomic E-state index is 0.0981. The first-order valence-electron chi connectivity index (χ1n) is 13.3. The van der Waals surface area contributed by atoms with Gasteiger partial charge in [0, 0.05) is 0 Å². The van der Waals surface area contributed by atoms with Crippen molar-refractivity contribution >= 4 is 20.4 Å². The van der Waals surface area contributed by atoms with Crippen LogP contribution < -0.4 is 5.32 Å². The summed E-state index contributed by atoms with van der Waals surface area (Å²) in [6, 6.07) is 11.1. The Morgan fingerprint density at radius 2 is 1.33 bits per heavy atom. The standard InChI is InChI=1S/C30H43F2NO5Si/c1-29(2,3)37-28(36)33-25(18-21-11-15-24(32)16-12-21)26(38-39(7,8)30(4,5)6)19-22(27(34)35)17-20-9-13-23(31)14-10-20/h9-16,22,25-26H,17-19H2,1-8H3,(H,33,36)(H,34,35)/t22-,25+,26+/m1/s1. The lowest BCUT2D eigenvalue weighted by Crippen LogP contribution is -2.54. The van der Waals surface area contributed by atoms with Gasteiger partial charge < -0.3 is 19.6 Å². The highest BCUT2D eigenvalue weighted by Gasteiger charge is 2.42. The lowest BCUT2D eigenvalue weighted by Gasteiger charge is -2.42. The first-order valence-corrected chi connectivity index (χ1v) is 16.2. The maximum atomic E-state index is 13.6. The zero-order valence-electron chi connectivity index (χ0n) is 24.3. The van der Waals surface area contributed by atoms with E-state index in [0.29, 0.717) is 5.56 Å². The average Bonchev–Trinajstić information content (AvgIpc) is 2.78. The van der Waals surface area contributed by atoms with E-state index in [4.69, 9.17) is 9.16 Å². The van der Waals surface area contributed by atoms with Gasteiger partial charge in [0.1, 0.15) is 17.2 Å². The van der Waals surface area contributed by atoms with Crippen LogP contribution >= 0.6 is 0 Å². The molecule has 0 heterocycles. The summed E-state index contributed by atoms with van der Waals surface area (Å²) < 4.78 is 39.4. The molecule has 0 aromatic heterocycles. The van der Waals surface area contributed by atoms with Gasteiger partial charge in [-0.15, -0.1) is 0 Å². The predicted molar refractivity (Wildman–Crippen MR) is 151 cm³/mol. The number of aliphatic carboxylic acids is 1. The number of ether oxygens (including phenoxy) is 1. The third kappa shape index (κ3) is 10.7. The van der Waals surface area contributed by atoms with Gasteiger partial charge in [0.2, 0.25) is 0 Å². The molecule has 0 aliphatic heterocycles. The van der Waals surface area contributed by atoms with Crippen molar-refractivity contribution in [2.45, 2.75) is 96.7 Å². The van der Waals surface area contributed by atoms with Crippen molar-refractivity contribution in [3.05, 3.63) is 71.3 Å². The van der Waals surface area contributed by atoms with Crippen LogP contribution in [0.2, 0.25) is 18.1 Å². The van der Waals surface area contributed by atoms with Gasteiger partial charge in [-0.05, 0) is 93.6 Å². The Bertz CT molecular complexity index is 1090. The molecule has 39 heavy (non-hydrogen) atoms.